The summed E-state index contributed by atoms with van der Waals surface area (Å²) in [4.78, 5) is 18.7. The van der Waals surface area contributed by atoms with Crippen LogP contribution in [0, 0.1) is 0 Å². The van der Waals surface area contributed by atoms with E-state index in [9.17, 15) is 4.79 Å². The first-order chi connectivity index (χ1) is 10.2. The topological polar surface area (TPSA) is 42.4 Å². The summed E-state index contributed by atoms with van der Waals surface area (Å²) >= 11 is 6.10. The van der Waals surface area contributed by atoms with Gasteiger partial charge in [0.05, 0.1) is 11.7 Å². The van der Waals surface area contributed by atoms with E-state index in [2.05, 4.69) is 4.98 Å². The smallest absolute Gasteiger partial charge is 0.256 e. The summed E-state index contributed by atoms with van der Waals surface area (Å²) in [6.07, 6.45) is 3.59. The number of carbonyl (C=O) groups is 1. The van der Waals surface area contributed by atoms with E-state index in [4.69, 9.17) is 16.3 Å². The molecule has 0 bridgehead atoms. The third kappa shape index (κ3) is 2.74. The Morgan fingerprint density at radius 2 is 1.95 bits per heavy atom. The number of hydrogen-bond acceptors (Lipinski definition) is 3. The molecule has 0 saturated carbocycles. The van der Waals surface area contributed by atoms with Crippen molar-refractivity contribution in [2.24, 2.45) is 0 Å². The van der Waals surface area contributed by atoms with Gasteiger partial charge in [-0.3, -0.25) is 4.79 Å². The Balaban J connectivity index is 1.90. The SMILES string of the molecule is COC1CCN(C(=O)c2cnc(Cl)c3ccccc23)CC1. The van der Waals surface area contributed by atoms with Crippen molar-refractivity contribution >= 4 is 28.3 Å². The van der Waals surface area contributed by atoms with Crippen LogP contribution in [-0.2, 0) is 4.74 Å². The molecule has 1 aliphatic heterocycles. The summed E-state index contributed by atoms with van der Waals surface area (Å²) in [6, 6.07) is 7.61. The van der Waals surface area contributed by atoms with Crippen molar-refractivity contribution < 1.29 is 9.53 Å². The highest BCUT2D eigenvalue weighted by molar-refractivity contribution is 6.34. The van der Waals surface area contributed by atoms with Crippen molar-refractivity contribution in [3.05, 3.63) is 41.2 Å². The van der Waals surface area contributed by atoms with Gasteiger partial charge in [-0.05, 0) is 18.2 Å². The molecule has 1 aliphatic rings. The molecule has 2 heterocycles. The maximum atomic E-state index is 12.7. The lowest BCUT2D eigenvalue weighted by atomic mass is 10.0. The van der Waals surface area contributed by atoms with Crippen molar-refractivity contribution in [3.8, 4) is 0 Å². The number of aromatic nitrogens is 1. The zero-order valence-electron chi connectivity index (χ0n) is 11.9. The molecular formula is C16H17ClN2O2. The number of carbonyl (C=O) groups excluding carboxylic acids is 1. The van der Waals surface area contributed by atoms with E-state index in [1.54, 1.807) is 13.3 Å². The molecule has 1 fully saturated rings. The van der Waals surface area contributed by atoms with E-state index >= 15 is 0 Å². The van der Waals surface area contributed by atoms with Crippen molar-refractivity contribution in [1.82, 2.24) is 9.88 Å². The predicted molar refractivity (Wildman–Crippen MR) is 82.7 cm³/mol. The van der Waals surface area contributed by atoms with Gasteiger partial charge in [0.15, 0.2) is 0 Å². The van der Waals surface area contributed by atoms with Crippen LogP contribution in [0.5, 0.6) is 0 Å². The Labute approximate surface area is 128 Å². The first kappa shape index (κ1) is 14.3. The lowest BCUT2D eigenvalue weighted by Gasteiger charge is -2.31. The quantitative estimate of drug-likeness (QED) is 0.801. The molecule has 110 valence electrons. The fourth-order valence-corrected chi connectivity index (χ4v) is 3.01. The summed E-state index contributed by atoms with van der Waals surface area (Å²) < 4.78 is 5.34. The van der Waals surface area contributed by atoms with Crippen LogP contribution in [0.3, 0.4) is 0 Å². The van der Waals surface area contributed by atoms with Crippen molar-refractivity contribution in [2.45, 2.75) is 18.9 Å². The average molecular weight is 305 g/mol. The number of piperidine rings is 1. The molecule has 4 nitrogen and oxygen atoms in total. The van der Waals surface area contributed by atoms with Crippen molar-refractivity contribution in [3.63, 3.8) is 0 Å². The standard InChI is InChI=1S/C16H17ClN2O2/c1-21-11-6-8-19(9-7-11)16(20)14-10-18-15(17)13-5-3-2-4-12(13)14/h2-5,10-11H,6-9H2,1H3. The largest absolute Gasteiger partial charge is 0.381 e. The number of benzene rings is 1. The highest BCUT2D eigenvalue weighted by atomic mass is 35.5. The molecule has 3 rings (SSSR count). The molecule has 5 heteroatoms. The highest BCUT2D eigenvalue weighted by Crippen LogP contribution is 2.26. The van der Waals surface area contributed by atoms with Crippen molar-refractivity contribution in [2.75, 3.05) is 20.2 Å². The number of hydrogen-bond donors (Lipinski definition) is 0. The van der Waals surface area contributed by atoms with Gasteiger partial charge in [0.1, 0.15) is 5.15 Å². The van der Waals surface area contributed by atoms with Crippen LogP contribution in [0.1, 0.15) is 23.2 Å². The Bertz CT molecular complexity index is 666. The minimum atomic E-state index is 0.0184. The number of pyridine rings is 1. The van der Waals surface area contributed by atoms with E-state index in [-0.39, 0.29) is 12.0 Å². The monoisotopic (exact) mass is 304 g/mol. The number of fused-ring (bicyclic) bond motifs is 1. The molecule has 1 saturated heterocycles. The molecule has 0 N–H and O–H groups in total. The molecule has 0 atom stereocenters. The number of halogens is 1. The maximum Gasteiger partial charge on any atom is 0.256 e. The van der Waals surface area contributed by atoms with Gasteiger partial charge in [-0.1, -0.05) is 35.9 Å². The predicted octanol–water partition coefficient (Wildman–Crippen LogP) is 3.14. The second-order valence-corrected chi connectivity index (χ2v) is 5.59. The summed E-state index contributed by atoms with van der Waals surface area (Å²) in [6.45, 7) is 1.43. The summed E-state index contributed by atoms with van der Waals surface area (Å²) in [5, 5.41) is 2.11. The third-order valence-corrected chi connectivity index (χ3v) is 4.34. The molecule has 0 spiro atoms. The van der Waals surface area contributed by atoms with Gasteiger partial charge in [-0.25, -0.2) is 4.98 Å². The second kappa shape index (κ2) is 6.00. The van der Waals surface area contributed by atoms with Crippen LogP contribution in [-0.4, -0.2) is 42.1 Å². The summed E-state index contributed by atoms with van der Waals surface area (Å²) in [5.74, 6) is 0.0184. The molecule has 1 aromatic heterocycles. The van der Waals surface area contributed by atoms with Crippen LogP contribution in [0.25, 0.3) is 10.8 Å². The number of methoxy groups -OCH3 is 1. The molecular weight excluding hydrogens is 288 g/mol. The van der Waals surface area contributed by atoms with Gasteiger partial charge in [0.25, 0.3) is 5.91 Å². The number of rotatable bonds is 2. The minimum absolute atomic E-state index is 0.0184. The van der Waals surface area contributed by atoms with E-state index < -0.39 is 0 Å². The maximum absolute atomic E-state index is 12.7. The van der Waals surface area contributed by atoms with Crippen LogP contribution >= 0.6 is 11.6 Å². The summed E-state index contributed by atoms with van der Waals surface area (Å²) in [5.41, 5.74) is 0.617. The lowest BCUT2D eigenvalue weighted by molar-refractivity contribution is 0.0351. The normalized spacial score (nSPS) is 16.4. The summed E-state index contributed by atoms with van der Waals surface area (Å²) in [7, 11) is 1.72. The van der Waals surface area contributed by atoms with E-state index in [1.165, 1.54) is 0 Å². The molecule has 2 aromatic rings. The Morgan fingerprint density at radius 1 is 1.29 bits per heavy atom. The van der Waals surface area contributed by atoms with Gasteiger partial charge >= 0.3 is 0 Å². The zero-order valence-corrected chi connectivity index (χ0v) is 12.6. The minimum Gasteiger partial charge on any atom is -0.381 e. The van der Waals surface area contributed by atoms with Crippen LogP contribution in [0.15, 0.2) is 30.5 Å². The van der Waals surface area contributed by atoms with Crippen LogP contribution in [0.4, 0.5) is 0 Å². The average Bonchev–Trinajstić information content (AvgIpc) is 2.55. The van der Waals surface area contributed by atoms with Crippen molar-refractivity contribution in [1.29, 1.82) is 0 Å². The molecule has 21 heavy (non-hydrogen) atoms. The molecule has 1 amide bonds. The van der Waals surface area contributed by atoms with E-state index in [0.29, 0.717) is 23.8 Å². The highest BCUT2D eigenvalue weighted by Gasteiger charge is 2.24. The van der Waals surface area contributed by atoms with Gasteiger partial charge in [-0.15, -0.1) is 0 Å². The number of likely N-dealkylation sites (tertiary alicyclic amines) is 1. The Kier molecular flexibility index (Phi) is 4.08. The fraction of sp³-hybridized carbons (Fsp3) is 0.375. The number of amides is 1. The third-order valence-electron chi connectivity index (χ3n) is 4.04. The Morgan fingerprint density at radius 3 is 2.62 bits per heavy atom. The first-order valence-electron chi connectivity index (χ1n) is 7.06. The van der Waals surface area contributed by atoms with Crippen LogP contribution < -0.4 is 0 Å². The number of ether oxygens (including phenoxy) is 1. The fourth-order valence-electron chi connectivity index (χ4n) is 2.79. The molecule has 0 aliphatic carbocycles. The number of nitrogens with zero attached hydrogens (tertiary/aromatic N) is 2. The van der Waals surface area contributed by atoms with Gasteiger partial charge < -0.3 is 9.64 Å². The van der Waals surface area contributed by atoms with Gasteiger partial charge in [0.2, 0.25) is 0 Å². The second-order valence-electron chi connectivity index (χ2n) is 5.24. The van der Waals surface area contributed by atoms with Gasteiger partial charge in [0, 0.05) is 31.8 Å². The molecule has 0 radical (unpaired) electrons. The van der Waals surface area contributed by atoms with E-state index in [0.717, 1.165) is 23.6 Å². The molecule has 1 aromatic carbocycles. The Hall–Kier alpha value is -1.65. The van der Waals surface area contributed by atoms with Gasteiger partial charge in [-0.2, -0.15) is 0 Å². The first-order valence-corrected chi connectivity index (χ1v) is 7.44. The lowest BCUT2D eigenvalue weighted by Crippen LogP contribution is -2.40. The zero-order chi connectivity index (χ0) is 14.8. The molecule has 0 unspecified atom stereocenters. The van der Waals surface area contributed by atoms with Crippen LogP contribution in [0.2, 0.25) is 5.15 Å². The van der Waals surface area contributed by atoms with E-state index in [1.807, 2.05) is 29.2 Å².